The number of aliphatic hydroxyl groups is 1. The average Bonchev–Trinajstić information content (AvgIpc) is 2.90. The number of nitrogens with zero attached hydrogens (tertiary/aromatic N) is 1. The van der Waals surface area contributed by atoms with Crippen LogP contribution in [0.25, 0.3) is 32.8 Å². The molecule has 0 atom stereocenters. The van der Waals surface area contributed by atoms with Gasteiger partial charge in [-0.25, -0.2) is 0 Å². The zero-order chi connectivity index (χ0) is 26.5. The molecular formula is C33H36IrNO3-. The molecule has 1 N–H and O–H groups in total. The van der Waals surface area contributed by atoms with Crippen LogP contribution < -0.4 is 4.74 Å². The Morgan fingerprint density at radius 2 is 1.68 bits per heavy atom. The summed E-state index contributed by atoms with van der Waals surface area (Å²) < 4.78 is 6.27. The molecular weight excluding hydrogens is 651 g/mol. The van der Waals surface area contributed by atoms with Gasteiger partial charge in [-0.1, -0.05) is 74.4 Å². The van der Waals surface area contributed by atoms with E-state index in [9.17, 15) is 9.90 Å². The number of aliphatic hydroxyl groups excluding tert-OH is 1. The number of carbonyl (C=O) groups is 1. The molecule has 3 aromatic carbocycles. The van der Waals surface area contributed by atoms with Gasteiger partial charge in [0.15, 0.2) is 5.78 Å². The summed E-state index contributed by atoms with van der Waals surface area (Å²) in [6.45, 7) is 10.2. The second-order valence-electron chi connectivity index (χ2n) is 9.70. The van der Waals surface area contributed by atoms with Crippen molar-refractivity contribution in [1.82, 2.24) is 4.98 Å². The molecule has 0 unspecified atom stereocenters. The third-order valence-corrected chi connectivity index (χ3v) is 7.31. The minimum atomic E-state index is 0. The van der Waals surface area contributed by atoms with Crippen molar-refractivity contribution in [3.63, 3.8) is 0 Å². The summed E-state index contributed by atoms with van der Waals surface area (Å²) in [5.74, 6) is 2.29. The maximum Gasteiger partial charge on any atom is 0.162 e. The van der Waals surface area contributed by atoms with E-state index in [-0.39, 0.29) is 43.5 Å². The Morgan fingerprint density at radius 3 is 2.37 bits per heavy atom. The van der Waals surface area contributed by atoms with Crippen LogP contribution in [0.15, 0.2) is 66.6 Å². The van der Waals surface area contributed by atoms with Gasteiger partial charge in [0.2, 0.25) is 0 Å². The van der Waals surface area contributed by atoms with Crippen LogP contribution in [0.3, 0.4) is 0 Å². The molecule has 5 rings (SSSR count). The van der Waals surface area contributed by atoms with Gasteiger partial charge in [-0.15, -0.1) is 12.1 Å². The third kappa shape index (κ3) is 6.00. The fourth-order valence-corrected chi connectivity index (χ4v) is 5.04. The number of pyridine rings is 1. The summed E-state index contributed by atoms with van der Waals surface area (Å²) in [5.41, 5.74) is 3.09. The van der Waals surface area contributed by atoms with Crippen LogP contribution in [0.5, 0.6) is 11.5 Å². The van der Waals surface area contributed by atoms with Crippen molar-refractivity contribution >= 4 is 27.3 Å². The Morgan fingerprint density at radius 1 is 1.00 bits per heavy atom. The quantitative estimate of drug-likeness (QED) is 0.105. The Labute approximate surface area is 239 Å². The first-order chi connectivity index (χ1) is 17.9. The molecule has 0 fully saturated rings. The number of aromatic nitrogens is 1. The van der Waals surface area contributed by atoms with Crippen molar-refractivity contribution in [1.29, 1.82) is 0 Å². The monoisotopic (exact) mass is 687 g/mol. The van der Waals surface area contributed by atoms with Crippen LogP contribution in [-0.2, 0) is 24.9 Å². The number of ether oxygens (including phenoxy) is 1. The first-order valence-electron chi connectivity index (χ1n) is 13.4. The Hall–Kier alpha value is -3.01. The third-order valence-electron chi connectivity index (χ3n) is 7.31. The molecule has 4 nitrogen and oxygen atoms in total. The van der Waals surface area contributed by atoms with Crippen molar-refractivity contribution in [2.45, 2.75) is 60.3 Å². The summed E-state index contributed by atoms with van der Waals surface area (Å²) in [6, 6.07) is 19.9. The van der Waals surface area contributed by atoms with Gasteiger partial charge >= 0.3 is 0 Å². The maximum atomic E-state index is 11.7. The number of rotatable bonds is 7. The van der Waals surface area contributed by atoms with Crippen molar-refractivity contribution in [3.05, 3.63) is 78.2 Å². The molecule has 0 amide bonds. The van der Waals surface area contributed by atoms with E-state index in [2.05, 4.69) is 42.2 Å². The second-order valence-corrected chi connectivity index (χ2v) is 9.70. The van der Waals surface area contributed by atoms with E-state index in [0.29, 0.717) is 0 Å². The van der Waals surface area contributed by atoms with Crippen LogP contribution in [0.2, 0.25) is 0 Å². The van der Waals surface area contributed by atoms with Gasteiger partial charge in [0.05, 0.1) is 11.5 Å². The van der Waals surface area contributed by atoms with Gasteiger partial charge in [-0.3, -0.25) is 4.79 Å². The van der Waals surface area contributed by atoms with Crippen LogP contribution in [-0.4, -0.2) is 15.9 Å². The molecule has 0 saturated carbocycles. The average molecular weight is 687 g/mol. The van der Waals surface area contributed by atoms with Gasteiger partial charge in [0, 0.05) is 55.3 Å². The normalized spacial score (nSPS) is 12.0. The van der Waals surface area contributed by atoms with Gasteiger partial charge in [0.1, 0.15) is 5.75 Å². The van der Waals surface area contributed by atoms with E-state index in [4.69, 9.17) is 4.74 Å². The van der Waals surface area contributed by atoms with Gasteiger partial charge in [-0.2, -0.15) is 0 Å². The van der Waals surface area contributed by atoms with Crippen molar-refractivity contribution in [3.8, 4) is 22.8 Å². The first kappa shape index (κ1) is 29.5. The maximum absolute atomic E-state index is 11.7. The van der Waals surface area contributed by atoms with E-state index in [1.54, 1.807) is 0 Å². The van der Waals surface area contributed by atoms with Gasteiger partial charge in [-0.05, 0) is 55.7 Å². The smallest absolute Gasteiger partial charge is 0.162 e. The number of carbonyl (C=O) groups excluding carboxylic acids is 1. The number of benzene rings is 3. The molecule has 201 valence electrons. The Kier molecular flexibility index (Phi) is 10.2. The van der Waals surface area contributed by atoms with E-state index in [1.165, 1.54) is 11.6 Å². The van der Waals surface area contributed by atoms with Crippen LogP contribution >= 0.6 is 0 Å². The molecule has 0 bridgehead atoms. The second kappa shape index (κ2) is 13.2. The Balaban J connectivity index is 0.000000223. The molecule has 1 aliphatic heterocycles. The standard InChI is InChI=1S/C20H12NO.C13H24O2.Ir/c1-12-10-14-8-9-21-19-16-7-6-13-4-2-3-5-15(13)20(16)22-17(11-12)18(14)19;1-5-10(6-2)12(14)9-13(15)11(7-3)8-4;/h2-6,8-11H,1H3;9-11,14H,5-8H2,1-4H3;/q-1;;/b;12-9-;. The van der Waals surface area contributed by atoms with Crippen molar-refractivity contribution in [2.24, 2.45) is 11.8 Å². The number of fused-ring (bicyclic) bond motifs is 4. The molecule has 1 aromatic heterocycles. The molecule has 5 heteroatoms. The number of aryl methyl sites for hydroxylation is 1. The summed E-state index contributed by atoms with van der Waals surface area (Å²) in [6.07, 6.45) is 6.77. The van der Waals surface area contributed by atoms with E-state index in [1.807, 2.05) is 58.2 Å². The predicted molar refractivity (Wildman–Crippen MR) is 152 cm³/mol. The van der Waals surface area contributed by atoms with E-state index < -0.39 is 0 Å². The largest absolute Gasteiger partial charge is 0.512 e. The zero-order valence-electron chi connectivity index (χ0n) is 22.8. The minimum absolute atomic E-state index is 0. The van der Waals surface area contributed by atoms with Gasteiger partial charge in [0.25, 0.3) is 0 Å². The SMILES string of the molecule is CCC(CC)C(=O)/C=C(\O)C(CC)CC.Cc1cc2c3c(nccc3c1)-c1[c-]cc3ccccc3c1O2.[Ir]. The number of hydrogen-bond donors (Lipinski definition) is 1. The van der Waals surface area contributed by atoms with E-state index >= 15 is 0 Å². The molecule has 0 aliphatic carbocycles. The molecule has 38 heavy (non-hydrogen) atoms. The summed E-state index contributed by atoms with van der Waals surface area (Å²) in [4.78, 5) is 16.3. The number of ketones is 1. The summed E-state index contributed by atoms with van der Waals surface area (Å²) in [7, 11) is 0. The van der Waals surface area contributed by atoms with Crippen LogP contribution in [0, 0.1) is 24.8 Å². The van der Waals surface area contributed by atoms with Gasteiger partial charge < -0.3 is 14.8 Å². The summed E-state index contributed by atoms with van der Waals surface area (Å²) >= 11 is 0. The van der Waals surface area contributed by atoms with Crippen LogP contribution in [0.1, 0.15) is 58.9 Å². The molecule has 1 radical (unpaired) electrons. The van der Waals surface area contributed by atoms with Crippen molar-refractivity contribution in [2.75, 3.05) is 0 Å². The molecule has 2 heterocycles. The summed E-state index contributed by atoms with van der Waals surface area (Å²) in [5, 5.41) is 14.2. The van der Waals surface area contributed by atoms with Crippen LogP contribution in [0.4, 0.5) is 0 Å². The zero-order valence-corrected chi connectivity index (χ0v) is 25.2. The Bertz CT molecular complexity index is 1450. The molecule has 0 spiro atoms. The fourth-order valence-electron chi connectivity index (χ4n) is 5.04. The topological polar surface area (TPSA) is 59.4 Å². The fraction of sp³-hybridized carbons (Fsp3) is 0.333. The minimum Gasteiger partial charge on any atom is -0.512 e. The first-order valence-corrected chi connectivity index (χ1v) is 13.4. The molecule has 0 saturated heterocycles. The molecule has 4 aromatic rings. The van der Waals surface area contributed by atoms with Crippen molar-refractivity contribution < 1.29 is 34.7 Å². The number of hydrogen-bond acceptors (Lipinski definition) is 4. The predicted octanol–water partition coefficient (Wildman–Crippen LogP) is 9.14. The molecule has 1 aliphatic rings. The van der Waals surface area contributed by atoms with E-state index in [0.717, 1.165) is 70.0 Å². The number of allylic oxidation sites excluding steroid dienone is 2.